The molecule has 0 saturated carbocycles. The second-order valence-corrected chi connectivity index (χ2v) is 15.3. The molecule has 4 nitrogen and oxygen atoms in total. The first-order chi connectivity index (χ1) is 27.8. The van der Waals surface area contributed by atoms with Crippen LogP contribution in [0.15, 0.2) is 194 Å². The van der Waals surface area contributed by atoms with E-state index in [4.69, 9.17) is 4.98 Å². The van der Waals surface area contributed by atoms with Gasteiger partial charge < -0.3 is 4.57 Å². The van der Waals surface area contributed by atoms with Crippen molar-refractivity contribution >= 4 is 75.4 Å². The molecule has 0 atom stereocenters. The van der Waals surface area contributed by atoms with Crippen molar-refractivity contribution < 1.29 is 0 Å². The number of hydrogen-bond acceptors (Lipinski definition) is 2. The topological polar surface area (TPSA) is 27.7 Å². The zero-order valence-electron chi connectivity index (χ0n) is 30.2. The molecule has 8 aromatic carbocycles. The standard InChI is InChI=1S/C51H32N4S/c1-5-17-33(18-6-1)37-26-15-27-38-39-28-16-30-44(49(39)56-48(37)38)55-42-29-14-13-25-40(42)45-43(55)32-31-41-46(45)53(35-21-9-3-10-22-35)51-47(41)54(36-23-11-4-12-24-36)50(52-51)34-19-7-2-8-20-34/h1-32H. The summed E-state index contributed by atoms with van der Waals surface area (Å²) in [6.45, 7) is 0. The van der Waals surface area contributed by atoms with E-state index in [1.807, 2.05) is 11.3 Å². The fourth-order valence-corrected chi connectivity index (χ4v) is 10.2. The zero-order valence-corrected chi connectivity index (χ0v) is 31.0. The lowest BCUT2D eigenvalue weighted by Crippen LogP contribution is -1.98. The van der Waals surface area contributed by atoms with Gasteiger partial charge in [0.25, 0.3) is 0 Å². The van der Waals surface area contributed by atoms with Crippen LogP contribution in [0.4, 0.5) is 0 Å². The van der Waals surface area contributed by atoms with Crippen LogP contribution in [-0.4, -0.2) is 18.7 Å². The van der Waals surface area contributed by atoms with E-state index in [9.17, 15) is 0 Å². The third-order valence-electron chi connectivity index (χ3n) is 11.3. The lowest BCUT2D eigenvalue weighted by Gasteiger charge is -2.12. The maximum absolute atomic E-state index is 5.54. The van der Waals surface area contributed by atoms with Crippen molar-refractivity contribution in [2.75, 3.05) is 0 Å². The molecule has 0 N–H and O–H groups in total. The molecule has 0 spiro atoms. The van der Waals surface area contributed by atoms with E-state index >= 15 is 0 Å². The van der Waals surface area contributed by atoms with Crippen LogP contribution < -0.4 is 0 Å². The molecule has 0 unspecified atom stereocenters. The first kappa shape index (κ1) is 31.2. The van der Waals surface area contributed by atoms with E-state index in [-0.39, 0.29) is 0 Å². The van der Waals surface area contributed by atoms with Gasteiger partial charge in [0.1, 0.15) is 11.3 Å². The molecule has 0 saturated heterocycles. The van der Waals surface area contributed by atoms with Crippen molar-refractivity contribution in [3.8, 4) is 39.6 Å². The summed E-state index contributed by atoms with van der Waals surface area (Å²) in [5.74, 6) is 0.919. The van der Waals surface area contributed by atoms with Gasteiger partial charge in [0.05, 0.1) is 26.9 Å². The van der Waals surface area contributed by atoms with Gasteiger partial charge in [-0.05, 0) is 59.7 Å². The second kappa shape index (κ2) is 12.2. The molecule has 262 valence electrons. The smallest absolute Gasteiger partial charge is 0.165 e. The van der Waals surface area contributed by atoms with Gasteiger partial charge in [-0.25, -0.2) is 4.98 Å². The maximum Gasteiger partial charge on any atom is 0.165 e. The average molecular weight is 733 g/mol. The Kier molecular flexibility index (Phi) is 6.76. The van der Waals surface area contributed by atoms with Crippen molar-refractivity contribution in [2.24, 2.45) is 0 Å². The summed E-state index contributed by atoms with van der Waals surface area (Å²) in [6.07, 6.45) is 0. The number of hydrogen-bond donors (Lipinski definition) is 0. The molecule has 12 rings (SSSR count). The highest BCUT2D eigenvalue weighted by molar-refractivity contribution is 7.26. The molecular weight excluding hydrogens is 701 g/mol. The minimum atomic E-state index is 0.919. The molecule has 4 aromatic heterocycles. The minimum Gasteiger partial charge on any atom is -0.308 e. The van der Waals surface area contributed by atoms with Gasteiger partial charge in [-0.1, -0.05) is 146 Å². The molecule has 56 heavy (non-hydrogen) atoms. The van der Waals surface area contributed by atoms with E-state index < -0.39 is 0 Å². The van der Waals surface area contributed by atoms with Crippen LogP contribution in [-0.2, 0) is 0 Å². The highest BCUT2D eigenvalue weighted by Gasteiger charge is 2.27. The van der Waals surface area contributed by atoms with E-state index in [0.29, 0.717) is 0 Å². The van der Waals surface area contributed by atoms with E-state index in [1.165, 1.54) is 58.8 Å². The summed E-state index contributed by atoms with van der Waals surface area (Å²) in [7, 11) is 0. The summed E-state index contributed by atoms with van der Waals surface area (Å²) >= 11 is 1.89. The number of imidazole rings is 1. The first-order valence-electron chi connectivity index (χ1n) is 19.0. The van der Waals surface area contributed by atoms with Crippen LogP contribution in [0.25, 0.3) is 104 Å². The number of para-hydroxylation sites is 3. The van der Waals surface area contributed by atoms with Crippen molar-refractivity contribution in [3.05, 3.63) is 194 Å². The van der Waals surface area contributed by atoms with E-state index in [1.54, 1.807) is 0 Å². The van der Waals surface area contributed by atoms with Crippen LogP contribution in [0.1, 0.15) is 0 Å². The number of rotatable bonds is 5. The fourth-order valence-electron chi connectivity index (χ4n) is 8.90. The Morgan fingerprint density at radius 3 is 1.70 bits per heavy atom. The molecule has 0 aliphatic rings. The van der Waals surface area contributed by atoms with E-state index in [2.05, 4.69) is 208 Å². The Morgan fingerprint density at radius 1 is 0.375 bits per heavy atom. The van der Waals surface area contributed by atoms with Gasteiger partial charge in [0.15, 0.2) is 5.65 Å². The van der Waals surface area contributed by atoms with Crippen molar-refractivity contribution in [2.45, 2.75) is 0 Å². The quantitative estimate of drug-likeness (QED) is 0.173. The second-order valence-electron chi connectivity index (χ2n) is 14.3. The Balaban J connectivity index is 1.23. The van der Waals surface area contributed by atoms with Crippen LogP contribution >= 0.6 is 11.3 Å². The summed E-state index contributed by atoms with van der Waals surface area (Å²) in [4.78, 5) is 5.54. The minimum absolute atomic E-state index is 0.919. The van der Waals surface area contributed by atoms with Crippen molar-refractivity contribution in [1.29, 1.82) is 0 Å². The average Bonchev–Trinajstić information content (AvgIpc) is 4.02. The fraction of sp³-hybridized carbons (Fsp3) is 0. The number of nitrogens with zero attached hydrogens (tertiary/aromatic N) is 4. The van der Waals surface area contributed by atoms with E-state index in [0.717, 1.165) is 44.8 Å². The number of thiophene rings is 1. The van der Waals surface area contributed by atoms with Gasteiger partial charge in [-0.3, -0.25) is 9.13 Å². The van der Waals surface area contributed by atoms with Crippen LogP contribution in [0, 0.1) is 0 Å². The number of benzene rings is 8. The Morgan fingerprint density at radius 2 is 0.964 bits per heavy atom. The van der Waals surface area contributed by atoms with Gasteiger partial charge >= 0.3 is 0 Å². The molecule has 0 aliphatic heterocycles. The third kappa shape index (κ3) is 4.43. The molecule has 12 aromatic rings. The predicted molar refractivity (Wildman–Crippen MR) is 236 cm³/mol. The van der Waals surface area contributed by atoms with Gasteiger partial charge in [-0.2, -0.15) is 0 Å². The monoisotopic (exact) mass is 732 g/mol. The number of aromatic nitrogens is 4. The van der Waals surface area contributed by atoms with Crippen molar-refractivity contribution in [3.63, 3.8) is 0 Å². The van der Waals surface area contributed by atoms with Crippen LogP contribution in [0.3, 0.4) is 0 Å². The summed E-state index contributed by atoms with van der Waals surface area (Å²) in [5.41, 5.74) is 12.4. The van der Waals surface area contributed by atoms with Gasteiger partial charge in [0.2, 0.25) is 0 Å². The highest BCUT2D eigenvalue weighted by Crippen LogP contribution is 2.47. The SMILES string of the molecule is c1ccc(-c2cccc3c2sc2c(-n4c5ccccc5c5c4ccc4c6c(nc(-c7ccccc7)n6-c6ccccc6)n(-c6ccccc6)c45)cccc23)cc1. The summed E-state index contributed by atoms with van der Waals surface area (Å²) in [6, 6.07) is 69.7. The van der Waals surface area contributed by atoms with Crippen molar-refractivity contribution in [1.82, 2.24) is 18.7 Å². The largest absolute Gasteiger partial charge is 0.308 e. The Labute approximate surface area is 326 Å². The molecule has 0 fully saturated rings. The normalized spacial score (nSPS) is 11.9. The lowest BCUT2D eigenvalue weighted by atomic mass is 10.0. The molecule has 0 aliphatic carbocycles. The lowest BCUT2D eigenvalue weighted by molar-refractivity contribution is 1.10. The first-order valence-corrected chi connectivity index (χ1v) is 19.8. The summed E-state index contributed by atoms with van der Waals surface area (Å²) < 4.78 is 9.82. The molecule has 0 radical (unpaired) electrons. The Hall–Kier alpha value is -7.21. The Bertz CT molecular complexity index is 3450. The molecule has 0 bridgehead atoms. The zero-order chi connectivity index (χ0) is 36.7. The maximum atomic E-state index is 5.54. The molecule has 4 heterocycles. The van der Waals surface area contributed by atoms with Crippen LogP contribution in [0.5, 0.6) is 0 Å². The van der Waals surface area contributed by atoms with Crippen LogP contribution in [0.2, 0.25) is 0 Å². The molecular formula is C51H32N4S. The predicted octanol–water partition coefficient (Wildman–Crippen LogP) is 13.8. The molecule has 0 amide bonds. The highest BCUT2D eigenvalue weighted by atomic mass is 32.1. The van der Waals surface area contributed by atoms with Gasteiger partial charge in [0, 0.05) is 48.6 Å². The molecule has 5 heteroatoms. The number of fused-ring (bicyclic) bond motifs is 10. The third-order valence-corrected chi connectivity index (χ3v) is 12.5. The van der Waals surface area contributed by atoms with Gasteiger partial charge in [-0.15, -0.1) is 11.3 Å². The summed E-state index contributed by atoms with van der Waals surface area (Å²) in [5, 5.41) is 6.15.